The Labute approximate surface area is 158 Å². The van der Waals surface area contributed by atoms with Crippen LogP contribution in [0.15, 0.2) is 0 Å². The van der Waals surface area contributed by atoms with Crippen LogP contribution >= 0.6 is 0 Å². The second kappa shape index (κ2) is 9.72. The van der Waals surface area contributed by atoms with E-state index in [0.29, 0.717) is 6.42 Å². The van der Waals surface area contributed by atoms with Crippen molar-refractivity contribution in [3.63, 3.8) is 0 Å². The summed E-state index contributed by atoms with van der Waals surface area (Å²) in [7, 11) is 0. The van der Waals surface area contributed by atoms with Gasteiger partial charge in [0, 0.05) is 27.2 Å². The normalized spacial score (nSPS) is 31.4. The topological polar surface area (TPSA) is 97.4 Å². The molecule has 2 saturated heterocycles. The van der Waals surface area contributed by atoms with E-state index in [9.17, 15) is 14.4 Å². The van der Waals surface area contributed by atoms with Gasteiger partial charge in [-0.15, -0.1) is 5.92 Å². The first-order valence-electron chi connectivity index (χ1n) is 9.14. The molecule has 2 aliphatic heterocycles. The van der Waals surface area contributed by atoms with Crippen LogP contribution in [-0.4, -0.2) is 54.7 Å². The highest BCUT2D eigenvalue weighted by Crippen LogP contribution is 2.37. The lowest BCUT2D eigenvalue weighted by atomic mass is 9.97. The molecule has 0 spiro atoms. The van der Waals surface area contributed by atoms with Gasteiger partial charge in [0.15, 0.2) is 24.4 Å². The molecule has 0 radical (unpaired) electrons. The average molecular weight is 382 g/mol. The molecule has 8 heteroatoms. The lowest BCUT2D eigenvalue weighted by Crippen LogP contribution is -2.58. The lowest BCUT2D eigenvalue weighted by Gasteiger charge is -2.38. The Kier molecular flexibility index (Phi) is 7.63. The molecule has 8 nitrogen and oxygen atoms in total. The van der Waals surface area contributed by atoms with Crippen LogP contribution < -0.4 is 0 Å². The number of ether oxygens (including phenoxy) is 5. The van der Waals surface area contributed by atoms with Crippen molar-refractivity contribution >= 4 is 17.9 Å². The first-order chi connectivity index (χ1) is 12.8. The van der Waals surface area contributed by atoms with Crippen molar-refractivity contribution in [2.45, 2.75) is 90.2 Å². The van der Waals surface area contributed by atoms with Crippen molar-refractivity contribution < 1.29 is 38.1 Å². The maximum Gasteiger partial charge on any atom is 0.303 e. The molecule has 0 aromatic heterocycles. The van der Waals surface area contributed by atoms with Gasteiger partial charge >= 0.3 is 17.9 Å². The van der Waals surface area contributed by atoms with Crippen molar-refractivity contribution in [1.82, 2.24) is 0 Å². The van der Waals surface area contributed by atoms with Crippen molar-refractivity contribution in [3.05, 3.63) is 0 Å². The van der Waals surface area contributed by atoms with Crippen LogP contribution in [-0.2, 0) is 38.1 Å². The molecule has 2 rings (SSSR count). The maximum absolute atomic E-state index is 11.6. The van der Waals surface area contributed by atoms with Crippen LogP contribution in [0.5, 0.6) is 0 Å². The summed E-state index contributed by atoms with van der Waals surface area (Å²) < 4.78 is 27.4. The van der Waals surface area contributed by atoms with Gasteiger partial charge in [-0.05, 0) is 6.42 Å². The Bertz CT molecular complexity index is 619. The molecule has 2 aliphatic rings. The van der Waals surface area contributed by atoms with E-state index in [4.69, 9.17) is 23.7 Å². The average Bonchev–Trinajstić information content (AvgIpc) is 2.94. The third kappa shape index (κ3) is 5.68. The largest absolute Gasteiger partial charge is 0.455 e. The summed E-state index contributed by atoms with van der Waals surface area (Å²) in [6.45, 7) is 5.79. The standard InChI is InChI=1S/C19H26O8/c1-5-6-7-8-9-10-14-15-16(23-11(2)20)17(24-12(3)21)18(25-13(4)22)19(26-14)27-15/h14-19H,5-8H2,1-4H3/t14-,15+,16+,17-,18-,19+/m0/s1. The number of carbonyl (C=O) groups excluding carboxylic acids is 3. The molecule has 0 saturated carbocycles. The molecule has 6 atom stereocenters. The van der Waals surface area contributed by atoms with Gasteiger partial charge in [-0.25, -0.2) is 0 Å². The first kappa shape index (κ1) is 21.2. The number of esters is 3. The number of unbranched alkanes of at least 4 members (excludes halogenated alkanes) is 3. The predicted octanol–water partition coefficient (Wildman–Crippen LogP) is 1.49. The molecule has 0 aliphatic carbocycles. The molecule has 2 bridgehead atoms. The summed E-state index contributed by atoms with van der Waals surface area (Å²) in [4.78, 5) is 34.6. The number of rotatable bonds is 6. The van der Waals surface area contributed by atoms with Crippen LogP contribution in [0.2, 0.25) is 0 Å². The third-order valence-electron chi connectivity index (χ3n) is 4.17. The van der Waals surface area contributed by atoms with E-state index >= 15 is 0 Å². The zero-order valence-electron chi connectivity index (χ0n) is 16.1. The Balaban J connectivity index is 2.24. The SMILES string of the molecule is CCCCCC#C[C@@H]1O[C@@H]2O[C@H]1[C@@H](OC(C)=O)[C@H](OC(C)=O)[C@@H]2OC(C)=O. The number of hydrogen-bond acceptors (Lipinski definition) is 8. The van der Waals surface area contributed by atoms with Crippen LogP contribution in [0.25, 0.3) is 0 Å². The Morgan fingerprint density at radius 3 is 2.04 bits per heavy atom. The van der Waals surface area contributed by atoms with Gasteiger partial charge in [-0.3, -0.25) is 14.4 Å². The fourth-order valence-corrected chi connectivity index (χ4v) is 3.13. The van der Waals surface area contributed by atoms with Crippen LogP contribution in [0.4, 0.5) is 0 Å². The molecule has 2 heterocycles. The molecule has 27 heavy (non-hydrogen) atoms. The highest BCUT2D eigenvalue weighted by molar-refractivity contribution is 5.68. The zero-order chi connectivity index (χ0) is 20.0. The predicted molar refractivity (Wildman–Crippen MR) is 92.1 cm³/mol. The summed E-state index contributed by atoms with van der Waals surface area (Å²) in [5.41, 5.74) is 0. The molecule has 150 valence electrons. The molecule has 0 aromatic rings. The first-order valence-corrected chi connectivity index (χ1v) is 9.14. The summed E-state index contributed by atoms with van der Waals surface area (Å²) in [5.74, 6) is 4.26. The van der Waals surface area contributed by atoms with E-state index in [2.05, 4.69) is 18.8 Å². The minimum Gasteiger partial charge on any atom is -0.455 e. The van der Waals surface area contributed by atoms with Crippen LogP contribution in [0.3, 0.4) is 0 Å². The minimum atomic E-state index is -1.06. The smallest absolute Gasteiger partial charge is 0.303 e. The second-order valence-electron chi connectivity index (χ2n) is 6.53. The van der Waals surface area contributed by atoms with Crippen molar-refractivity contribution in [3.8, 4) is 11.8 Å². The van der Waals surface area contributed by atoms with Gasteiger partial charge in [0.25, 0.3) is 0 Å². The summed E-state index contributed by atoms with van der Waals surface area (Å²) in [6, 6.07) is 0. The molecular weight excluding hydrogens is 356 g/mol. The van der Waals surface area contributed by atoms with Crippen molar-refractivity contribution in [2.24, 2.45) is 0 Å². The Hall–Kier alpha value is -2.11. The van der Waals surface area contributed by atoms with Gasteiger partial charge in [0.05, 0.1) is 0 Å². The monoisotopic (exact) mass is 382 g/mol. The summed E-state index contributed by atoms with van der Waals surface area (Å²) >= 11 is 0. The molecule has 0 amide bonds. The Morgan fingerprint density at radius 2 is 1.44 bits per heavy atom. The molecule has 0 unspecified atom stereocenters. The number of hydrogen-bond donors (Lipinski definition) is 0. The summed E-state index contributed by atoms with van der Waals surface area (Å²) in [5, 5.41) is 0. The van der Waals surface area contributed by atoms with E-state index < -0.39 is 54.7 Å². The van der Waals surface area contributed by atoms with Gasteiger partial charge in [0.1, 0.15) is 6.10 Å². The zero-order valence-corrected chi connectivity index (χ0v) is 16.1. The number of fused-ring (bicyclic) bond motifs is 2. The van der Waals surface area contributed by atoms with Crippen molar-refractivity contribution in [1.29, 1.82) is 0 Å². The van der Waals surface area contributed by atoms with E-state index in [1.807, 2.05) is 0 Å². The van der Waals surface area contributed by atoms with E-state index in [0.717, 1.165) is 19.3 Å². The van der Waals surface area contributed by atoms with E-state index in [1.165, 1.54) is 20.8 Å². The fourth-order valence-electron chi connectivity index (χ4n) is 3.13. The van der Waals surface area contributed by atoms with Gasteiger partial charge in [-0.1, -0.05) is 25.7 Å². The van der Waals surface area contributed by atoms with E-state index in [1.54, 1.807) is 0 Å². The maximum atomic E-state index is 11.6. The van der Waals surface area contributed by atoms with Gasteiger partial charge in [0.2, 0.25) is 6.29 Å². The lowest BCUT2D eigenvalue weighted by molar-refractivity contribution is -0.250. The van der Waals surface area contributed by atoms with Crippen LogP contribution in [0, 0.1) is 11.8 Å². The quantitative estimate of drug-likeness (QED) is 0.295. The Morgan fingerprint density at radius 1 is 0.852 bits per heavy atom. The highest BCUT2D eigenvalue weighted by atomic mass is 16.8. The number of carbonyl (C=O) groups is 3. The minimum absolute atomic E-state index is 0.581. The fraction of sp³-hybridized carbons (Fsp3) is 0.737. The molecule has 0 aromatic carbocycles. The van der Waals surface area contributed by atoms with E-state index in [-0.39, 0.29) is 0 Å². The molecular formula is C19H26O8. The molecule has 2 fully saturated rings. The highest BCUT2D eigenvalue weighted by Gasteiger charge is 2.59. The van der Waals surface area contributed by atoms with Crippen molar-refractivity contribution in [2.75, 3.05) is 0 Å². The van der Waals surface area contributed by atoms with Crippen LogP contribution in [0.1, 0.15) is 53.4 Å². The summed E-state index contributed by atoms with van der Waals surface area (Å²) in [6.07, 6.45) is -1.60. The van der Waals surface area contributed by atoms with Gasteiger partial charge < -0.3 is 23.7 Å². The van der Waals surface area contributed by atoms with Gasteiger partial charge in [-0.2, -0.15) is 0 Å². The second-order valence-corrected chi connectivity index (χ2v) is 6.53. The third-order valence-corrected chi connectivity index (χ3v) is 4.17. The molecule has 0 N–H and O–H groups in total.